The summed E-state index contributed by atoms with van der Waals surface area (Å²) in [5, 5.41) is 30.8. The van der Waals surface area contributed by atoms with Crippen LogP contribution in [0.4, 0.5) is 0 Å². The summed E-state index contributed by atoms with van der Waals surface area (Å²) in [6.45, 7) is 4.42. The van der Waals surface area contributed by atoms with Crippen LogP contribution in [0.1, 0.15) is 97.3 Å². The Morgan fingerprint density at radius 1 is 0.926 bits per heavy atom. The van der Waals surface area contributed by atoms with Crippen LogP contribution < -0.4 is 0 Å². The molecule has 0 amide bonds. The minimum atomic E-state index is -0.448. The molecule has 27 heavy (non-hydrogen) atoms. The molecule has 0 aromatic carbocycles. The van der Waals surface area contributed by atoms with Crippen molar-refractivity contribution < 1.29 is 24.9 Å². The quantitative estimate of drug-likeness (QED) is 0.293. The zero-order valence-corrected chi connectivity index (χ0v) is 17.4. The molecule has 5 atom stereocenters. The van der Waals surface area contributed by atoms with E-state index in [1.807, 2.05) is 6.92 Å². The number of aliphatic hydroxyl groups excluding tert-OH is 3. The second kappa shape index (κ2) is 14.4. The minimum absolute atomic E-state index is 0.0976. The van der Waals surface area contributed by atoms with E-state index in [9.17, 15) is 20.1 Å². The molecule has 5 heteroatoms. The first-order valence-electron chi connectivity index (χ1n) is 11.2. The normalized spacial score (nSPS) is 26.3. The topological polar surface area (TPSA) is 87.0 Å². The molecule has 0 saturated heterocycles. The Balaban J connectivity index is 2.25. The maximum Gasteiger partial charge on any atom is 0.305 e. The Bertz CT molecular complexity index is 387. The van der Waals surface area contributed by atoms with Crippen LogP contribution >= 0.6 is 0 Å². The van der Waals surface area contributed by atoms with E-state index in [4.69, 9.17) is 4.74 Å². The zero-order chi connectivity index (χ0) is 20.1. The van der Waals surface area contributed by atoms with E-state index in [2.05, 4.69) is 6.92 Å². The number of unbranched alkanes of at least 4 members (excludes halogenated alkanes) is 5. The third-order valence-electron chi connectivity index (χ3n) is 5.97. The van der Waals surface area contributed by atoms with Gasteiger partial charge < -0.3 is 20.1 Å². The average molecular weight is 387 g/mol. The highest BCUT2D eigenvalue weighted by atomic mass is 16.5. The van der Waals surface area contributed by atoms with Gasteiger partial charge in [-0.3, -0.25) is 4.79 Å². The third kappa shape index (κ3) is 9.91. The lowest BCUT2D eigenvalue weighted by molar-refractivity contribution is -0.143. The number of aliphatic hydroxyl groups is 3. The van der Waals surface area contributed by atoms with Crippen LogP contribution in [0.3, 0.4) is 0 Å². The maximum absolute atomic E-state index is 11.3. The van der Waals surface area contributed by atoms with Gasteiger partial charge in [-0.25, -0.2) is 0 Å². The Morgan fingerprint density at radius 3 is 2.26 bits per heavy atom. The van der Waals surface area contributed by atoms with Crippen molar-refractivity contribution in [2.45, 2.75) is 116 Å². The molecule has 0 radical (unpaired) electrons. The van der Waals surface area contributed by atoms with Crippen molar-refractivity contribution in [1.29, 1.82) is 0 Å². The minimum Gasteiger partial charge on any atom is -0.466 e. The van der Waals surface area contributed by atoms with Crippen LogP contribution in [-0.4, -0.2) is 46.2 Å². The van der Waals surface area contributed by atoms with Crippen LogP contribution in [0.25, 0.3) is 0 Å². The number of hydrogen-bond donors (Lipinski definition) is 3. The fourth-order valence-corrected chi connectivity index (χ4v) is 4.38. The SMILES string of the molecule is CCCCCC(O)CC[C@@H]1[C@H](CCCCCCC(=O)OCC)[C@@H](O)C[C@H]1O. The summed E-state index contributed by atoms with van der Waals surface area (Å²) in [5.41, 5.74) is 0. The Kier molecular flexibility index (Phi) is 13.0. The molecule has 1 unspecified atom stereocenters. The molecule has 0 spiro atoms. The number of hydrogen-bond acceptors (Lipinski definition) is 5. The summed E-state index contributed by atoms with van der Waals surface area (Å²) >= 11 is 0. The van der Waals surface area contributed by atoms with Gasteiger partial charge in [-0.15, -0.1) is 0 Å². The van der Waals surface area contributed by atoms with Crippen LogP contribution in [0.5, 0.6) is 0 Å². The number of carbonyl (C=O) groups excluding carboxylic acids is 1. The van der Waals surface area contributed by atoms with Gasteiger partial charge in [-0.05, 0) is 57.3 Å². The number of rotatable bonds is 15. The number of ether oxygens (including phenoxy) is 1. The first kappa shape index (κ1) is 24.4. The molecule has 1 fully saturated rings. The van der Waals surface area contributed by atoms with Gasteiger partial charge in [0.05, 0.1) is 24.9 Å². The molecule has 1 aliphatic rings. The molecule has 0 heterocycles. The lowest BCUT2D eigenvalue weighted by Gasteiger charge is -2.24. The van der Waals surface area contributed by atoms with Crippen LogP contribution in [-0.2, 0) is 9.53 Å². The van der Waals surface area contributed by atoms with Crippen LogP contribution in [0.2, 0.25) is 0 Å². The van der Waals surface area contributed by atoms with Gasteiger partial charge in [0.1, 0.15) is 0 Å². The van der Waals surface area contributed by atoms with E-state index >= 15 is 0 Å². The monoisotopic (exact) mass is 386 g/mol. The molecular weight excluding hydrogens is 344 g/mol. The first-order valence-corrected chi connectivity index (χ1v) is 11.2. The van der Waals surface area contributed by atoms with Crippen LogP contribution in [0, 0.1) is 11.8 Å². The number of carbonyl (C=O) groups is 1. The Hall–Kier alpha value is -0.650. The predicted molar refractivity (Wildman–Crippen MR) is 107 cm³/mol. The highest BCUT2D eigenvalue weighted by molar-refractivity contribution is 5.69. The zero-order valence-electron chi connectivity index (χ0n) is 17.4. The molecule has 1 aliphatic carbocycles. The smallest absolute Gasteiger partial charge is 0.305 e. The summed E-state index contributed by atoms with van der Waals surface area (Å²) in [4.78, 5) is 11.3. The number of esters is 1. The molecule has 1 rings (SSSR count). The van der Waals surface area contributed by atoms with Gasteiger partial charge >= 0.3 is 5.97 Å². The van der Waals surface area contributed by atoms with Crippen molar-refractivity contribution in [1.82, 2.24) is 0 Å². The molecule has 5 nitrogen and oxygen atoms in total. The van der Waals surface area contributed by atoms with E-state index in [1.165, 1.54) is 0 Å². The lowest BCUT2D eigenvalue weighted by Crippen LogP contribution is -2.24. The molecule has 0 aromatic rings. The van der Waals surface area contributed by atoms with Gasteiger partial charge in [-0.2, -0.15) is 0 Å². The second-order valence-electron chi connectivity index (χ2n) is 8.18. The van der Waals surface area contributed by atoms with Gasteiger partial charge in [0.15, 0.2) is 0 Å². The molecular formula is C22H42O5. The standard InChI is InChI=1S/C22H42O5/c1-3-5-8-11-17(23)14-15-19-18(20(24)16-21(19)25)12-9-6-7-10-13-22(26)27-4-2/h17-21,23-25H,3-16H2,1-2H3/t17?,18-,19+,20-,21+/m0/s1. The van der Waals surface area contributed by atoms with E-state index in [-0.39, 0.29) is 23.9 Å². The fourth-order valence-electron chi connectivity index (χ4n) is 4.38. The van der Waals surface area contributed by atoms with E-state index in [0.29, 0.717) is 25.9 Å². The van der Waals surface area contributed by atoms with E-state index in [1.54, 1.807) is 0 Å². The van der Waals surface area contributed by atoms with Crippen molar-refractivity contribution in [2.24, 2.45) is 11.8 Å². The predicted octanol–water partition coefficient (Wildman–Crippen LogP) is 3.97. The van der Waals surface area contributed by atoms with Crippen molar-refractivity contribution in [3.8, 4) is 0 Å². The fraction of sp³-hybridized carbons (Fsp3) is 0.955. The van der Waals surface area contributed by atoms with E-state index < -0.39 is 12.2 Å². The van der Waals surface area contributed by atoms with Gasteiger partial charge in [0.25, 0.3) is 0 Å². The summed E-state index contributed by atoms with van der Waals surface area (Å²) in [5.74, 6) is 0.109. The second-order valence-corrected chi connectivity index (χ2v) is 8.18. The Morgan fingerprint density at radius 2 is 1.59 bits per heavy atom. The molecule has 3 N–H and O–H groups in total. The highest BCUT2D eigenvalue weighted by Gasteiger charge is 2.40. The van der Waals surface area contributed by atoms with Crippen molar-refractivity contribution in [3.05, 3.63) is 0 Å². The molecule has 160 valence electrons. The molecule has 0 bridgehead atoms. The van der Waals surface area contributed by atoms with E-state index in [0.717, 1.165) is 64.2 Å². The van der Waals surface area contributed by atoms with Gasteiger partial charge in [0, 0.05) is 6.42 Å². The summed E-state index contributed by atoms with van der Waals surface area (Å²) in [7, 11) is 0. The Labute approximate surface area is 165 Å². The van der Waals surface area contributed by atoms with Crippen molar-refractivity contribution >= 4 is 5.97 Å². The molecule has 1 saturated carbocycles. The summed E-state index contributed by atoms with van der Waals surface area (Å²) < 4.78 is 4.93. The summed E-state index contributed by atoms with van der Waals surface area (Å²) in [6.07, 6.45) is 10.3. The van der Waals surface area contributed by atoms with Gasteiger partial charge in [-0.1, -0.05) is 45.4 Å². The van der Waals surface area contributed by atoms with Crippen molar-refractivity contribution in [2.75, 3.05) is 6.61 Å². The summed E-state index contributed by atoms with van der Waals surface area (Å²) in [6, 6.07) is 0. The molecule has 0 aliphatic heterocycles. The van der Waals surface area contributed by atoms with Crippen LogP contribution in [0.15, 0.2) is 0 Å². The largest absolute Gasteiger partial charge is 0.466 e. The van der Waals surface area contributed by atoms with Crippen molar-refractivity contribution in [3.63, 3.8) is 0 Å². The lowest BCUT2D eigenvalue weighted by atomic mass is 9.84. The first-order chi connectivity index (χ1) is 13.0. The third-order valence-corrected chi connectivity index (χ3v) is 5.97. The van der Waals surface area contributed by atoms with Gasteiger partial charge in [0.2, 0.25) is 0 Å². The maximum atomic E-state index is 11.3. The highest BCUT2D eigenvalue weighted by Crippen LogP contribution is 2.39. The average Bonchev–Trinajstić information content (AvgIpc) is 2.89. The molecule has 0 aromatic heterocycles.